The van der Waals surface area contributed by atoms with Crippen LogP contribution in [0.25, 0.3) is 0 Å². The molecule has 0 saturated heterocycles. The molecule has 0 aromatic carbocycles. The van der Waals surface area contributed by atoms with Gasteiger partial charge < -0.3 is 5.32 Å². The second kappa shape index (κ2) is 3.94. The SMILES string of the molecule is C/C1=C/C=C\C/C=C\NC1. The molecule has 1 heterocycles. The molecule has 0 bridgehead atoms. The molecule has 0 fully saturated rings. The van der Waals surface area contributed by atoms with Crippen LogP contribution in [-0.2, 0) is 0 Å². The van der Waals surface area contributed by atoms with E-state index in [9.17, 15) is 0 Å². The zero-order chi connectivity index (χ0) is 7.23. The highest BCUT2D eigenvalue weighted by molar-refractivity contribution is 5.14. The van der Waals surface area contributed by atoms with Gasteiger partial charge in [-0.2, -0.15) is 0 Å². The van der Waals surface area contributed by atoms with Crippen molar-refractivity contribution in [2.45, 2.75) is 13.3 Å². The average Bonchev–Trinajstić information content (AvgIpc) is 2.02. The van der Waals surface area contributed by atoms with Crippen molar-refractivity contribution >= 4 is 0 Å². The minimum atomic E-state index is 0.959. The van der Waals surface area contributed by atoms with Crippen molar-refractivity contribution in [3.05, 3.63) is 36.1 Å². The molecule has 0 aromatic rings. The first-order valence-corrected chi connectivity index (χ1v) is 3.60. The molecule has 0 aromatic heterocycles. The third kappa shape index (κ3) is 2.53. The van der Waals surface area contributed by atoms with Crippen molar-refractivity contribution in [3.63, 3.8) is 0 Å². The topological polar surface area (TPSA) is 12.0 Å². The summed E-state index contributed by atoms with van der Waals surface area (Å²) in [7, 11) is 0. The van der Waals surface area contributed by atoms with Gasteiger partial charge in [0.1, 0.15) is 0 Å². The fourth-order valence-electron chi connectivity index (χ4n) is 0.820. The predicted octanol–water partition coefficient (Wildman–Crippen LogP) is 2.00. The summed E-state index contributed by atoms with van der Waals surface area (Å²) in [6.07, 6.45) is 11.5. The van der Waals surface area contributed by atoms with E-state index >= 15 is 0 Å². The highest BCUT2D eigenvalue weighted by atomic mass is 14.8. The normalized spacial score (nSPS) is 29.9. The lowest BCUT2D eigenvalue weighted by Crippen LogP contribution is -2.07. The van der Waals surface area contributed by atoms with Gasteiger partial charge in [-0.25, -0.2) is 0 Å². The van der Waals surface area contributed by atoms with Gasteiger partial charge in [-0.1, -0.05) is 29.9 Å². The summed E-state index contributed by atoms with van der Waals surface area (Å²) in [5.74, 6) is 0. The molecule has 0 unspecified atom stereocenters. The summed E-state index contributed by atoms with van der Waals surface area (Å²) in [6.45, 7) is 3.08. The molecule has 1 nitrogen and oxygen atoms in total. The van der Waals surface area contributed by atoms with E-state index in [1.165, 1.54) is 5.57 Å². The van der Waals surface area contributed by atoms with Crippen LogP contribution >= 0.6 is 0 Å². The summed E-state index contributed by atoms with van der Waals surface area (Å²) in [6, 6.07) is 0. The number of allylic oxidation sites excluding steroid dienone is 4. The third-order valence-corrected chi connectivity index (χ3v) is 1.41. The van der Waals surface area contributed by atoms with Gasteiger partial charge in [-0.05, 0) is 19.5 Å². The van der Waals surface area contributed by atoms with Gasteiger partial charge in [0.05, 0.1) is 0 Å². The third-order valence-electron chi connectivity index (χ3n) is 1.41. The van der Waals surface area contributed by atoms with Crippen molar-refractivity contribution in [2.24, 2.45) is 0 Å². The van der Waals surface area contributed by atoms with Crippen molar-refractivity contribution in [3.8, 4) is 0 Å². The minimum Gasteiger partial charge on any atom is -0.387 e. The van der Waals surface area contributed by atoms with E-state index in [0.29, 0.717) is 0 Å². The number of rotatable bonds is 0. The Morgan fingerprint density at radius 1 is 1.40 bits per heavy atom. The second-order valence-electron chi connectivity index (χ2n) is 2.46. The first kappa shape index (κ1) is 7.13. The lowest BCUT2D eigenvalue weighted by Gasteiger charge is -1.97. The molecule has 1 N–H and O–H groups in total. The largest absolute Gasteiger partial charge is 0.387 e. The zero-order valence-corrected chi connectivity index (χ0v) is 6.30. The maximum atomic E-state index is 3.19. The molecular weight excluding hydrogens is 122 g/mol. The molecule has 0 spiro atoms. The van der Waals surface area contributed by atoms with Crippen LogP contribution < -0.4 is 5.32 Å². The molecule has 10 heavy (non-hydrogen) atoms. The molecule has 0 atom stereocenters. The number of hydrogen-bond donors (Lipinski definition) is 1. The van der Waals surface area contributed by atoms with E-state index in [1.54, 1.807) is 0 Å². The fourth-order valence-corrected chi connectivity index (χ4v) is 0.820. The van der Waals surface area contributed by atoms with Crippen LogP contribution in [0.4, 0.5) is 0 Å². The monoisotopic (exact) mass is 135 g/mol. The molecule has 0 aliphatic carbocycles. The molecule has 1 aliphatic rings. The Kier molecular flexibility index (Phi) is 2.81. The summed E-state index contributed by atoms with van der Waals surface area (Å²) in [5.41, 5.74) is 1.36. The molecule has 54 valence electrons. The molecule has 0 saturated carbocycles. The summed E-state index contributed by atoms with van der Waals surface area (Å²) < 4.78 is 0. The molecule has 1 aliphatic heterocycles. The smallest absolute Gasteiger partial charge is 0.0354 e. The molecule has 1 rings (SSSR count). The second-order valence-corrected chi connectivity index (χ2v) is 2.46. The summed E-state index contributed by atoms with van der Waals surface area (Å²) in [4.78, 5) is 0. The first-order chi connectivity index (χ1) is 4.89. The summed E-state index contributed by atoms with van der Waals surface area (Å²) >= 11 is 0. The predicted molar refractivity (Wildman–Crippen MR) is 44.7 cm³/mol. The van der Waals surface area contributed by atoms with E-state index in [-0.39, 0.29) is 0 Å². The standard InChI is InChI=1S/C9H13N/c1-9-6-4-2-3-5-7-10-8-9/h2,4-7,10H,3,8H2,1H3/b4-2-,7-5-,9-6-. The fraction of sp³-hybridized carbons (Fsp3) is 0.333. The highest BCUT2D eigenvalue weighted by Crippen LogP contribution is 1.95. The Morgan fingerprint density at radius 2 is 2.30 bits per heavy atom. The highest BCUT2D eigenvalue weighted by Gasteiger charge is 1.84. The van der Waals surface area contributed by atoms with Crippen LogP contribution in [0.15, 0.2) is 36.1 Å². The number of nitrogens with one attached hydrogen (secondary N) is 1. The zero-order valence-electron chi connectivity index (χ0n) is 6.30. The van der Waals surface area contributed by atoms with E-state index < -0.39 is 0 Å². The van der Waals surface area contributed by atoms with Crippen molar-refractivity contribution in [2.75, 3.05) is 6.54 Å². The van der Waals surface area contributed by atoms with E-state index in [0.717, 1.165) is 13.0 Å². The van der Waals surface area contributed by atoms with Gasteiger partial charge in [0.2, 0.25) is 0 Å². The van der Waals surface area contributed by atoms with Gasteiger partial charge in [0.15, 0.2) is 0 Å². The van der Waals surface area contributed by atoms with E-state index in [2.05, 4.69) is 36.5 Å². The van der Waals surface area contributed by atoms with E-state index in [4.69, 9.17) is 0 Å². The average molecular weight is 135 g/mol. The van der Waals surface area contributed by atoms with Crippen molar-refractivity contribution < 1.29 is 0 Å². The van der Waals surface area contributed by atoms with Crippen LogP contribution in [0.5, 0.6) is 0 Å². The first-order valence-electron chi connectivity index (χ1n) is 3.60. The van der Waals surface area contributed by atoms with Gasteiger partial charge in [-0.15, -0.1) is 0 Å². The number of hydrogen-bond acceptors (Lipinski definition) is 1. The van der Waals surface area contributed by atoms with Crippen LogP contribution in [-0.4, -0.2) is 6.54 Å². The maximum absolute atomic E-state index is 3.19. The molecule has 1 heteroatoms. The Hall–Kier alpha value is -0.980. The minimum absolute atomic E-state index is 0.959. The molecule has 0 amide bonds. The lowest BCUT2D eigenvalue weighted by molar-refractivity contribution is 0.933. The Balaban J connectivity index is 2.55. The Labute approximate surface area is 62.1 Å². The Bertz CT molecular complexity index is 175. The van der Waals surface area contributed by atoms with Crippen LogP contribution in [0.2, 0.25) is 0 Å². The van der Waals surface area contributed by atoms with Gasteiger partial charge in [-0.3, -0.25) is 0 Å². The van der Waals surface area contributed by atoms with Crippen molar-refractivity contribution in [1.82, 2.24) is 5.32 Å². The maximum Gasteiger partial charge on any atom is 0.0354 e. The lowest BCUT2D eigenvalue weighted by atomic mass is 10.2. The van der Waals surface area contributed by atoms with Gasteiger partial charge in [0, 0.05) is 6.54 Å². The van der Waals surface area contributed by atoms with Crippen LogP contribution in [0, 0.1) is 0 Å². The van der Waals surface area contributed by atoms with Crippen molar-refractivity contribution in [1.29, 1.82) is 0 Å². The van der Waals surface area contributed by atoms with E-state index in [1.807, 2.05) is 6.20 Å². The summed E-state index contributed by atoms with van der Waals surface area (Å²) in [5, 5.41) is 3.19. The van der Waals surface area contributed by atoms with Gasteiger partial charge >= 0.3 is 0 Å². The molecule has 0 radical (unpaired) electrons. The molecular formula is C9H13N. The Morgan fingerprint density at radius 3 is 3.20 bits per heavy atom. The van der Waals surface area contributed by atoms with Crippen LogP contribution in [0.3, 0.4) is 0 Å². The quantitative estimate of drug-likeness (QED) is 0.535. The van der Waals surface area contributed by atoms with Gasteiger partial charge in [0.25, 0.3) is 0 Å². The van der Waals surface area contributed by atoms with Crippen LogP contribution in [0.1, 0.15) is 13.3 Å².